The maximum absolute atomic E-state index is 12.0. The van der Waals surface area contributed by atoms with E-state index in [-0.39, 0.29) is 17.5 Å². The Labute approximate surface area is 129 Å². The summed E-state index contributed by atoms with van der Waals surface area (Å²) < 4.78 is 5.50. The molecule has 1 amide bonds. The van der Waals surface area contributed by atoms with Gasteiger partial charge in [-0.15, -0.1) is 0 Å². The van der Waals surface area contributed by atoms with E-state index in [2.05, 4.69) is 10.6 Å². The summed E-state index contributed by atoms with van der Waals surface area (Å²) in [5.74, 6) is -0.0357. The first-order valence-corrected chi connectivity index (χ1v) is 7.37. The number of amides is 1. The van der Waals surface area contributed by atoms with Crippen LogP contribution in [0.4, 0.5) is 0 Å². The van der Waals surface area contributed by atoms with Gasteiger partial charge in [-0.2, -0.15) is 0 Å². The van der Waals surface area contributed by atoms with Crippen molar-refractivity contribution in [2.75, 3.05) is 0 Å². The Kier molecular flexibility index (Phi) is 4.59. The molecule has 5 heteroatoms. The summed E-state index contributed by atoms with van der Waals surface area (Å²) in [6.45, 7) is 8.18. The van der Waals surface area contributed by atoms with Crippen LogP contribution >= 0.6 is 11.6 Å². The van der Waals surface area contributed by atoms with Crippen molar-refractivity contribution in [3.05, 3.63) is 35.0 Å². The predicted octanol–water partition coefficient (Wildman–Crippen LogP) is 3.48. The van der Waals surface area contributed by atoms with Gasteiger partial charge in [-0.25, -0.2) is 0 Å². The molecule has 21 heavy (non-hydrogen) atoms. The van der Waals surface area contributed by atoms with Gasteiger partial charge in [-0.3, -0.25) is 4.79 Å². The molecule has 1 heterocycles. The highest BCUT2D eigenvalue weighted by atomic mass is 35.5. The van der Waals surface area contributed by atoms with Crippen LogP contribution in [0, 0.1) is 0 Å². The summed E-state index contributed by atoms with van der Waals surface area (Å²) in [6, 6.07) is 7.36. The zero-order chi connectivity index (χ0) is 15.6. The van der Waals surface area contributed by atoms with Crippen molar-refractivity contribution in [2.24, 2.45) is 0 Å². The summed E-state index contributed by atoms with van der Waals surface area (Å²) in [7, 11) is 0. The number of hydrogen-bond acceptors (Lipinski definition) is 3. The number of carbonyl (C=O) groups excluding carboxylic acids is 1. The lowest BCUT2D eigenvalue weighted by Crippen LogP contribution is -2.49. The van der Waals surface area contributed by atoms with Crippen LogP contribution in [0.15, 0.2) is 28.7 Å². The van der Waals surface area contributed by atoms with Crippen molar-refractivity contribution in [1.82, 2.24) is 10.6 Å². The smallest absolute Gasteiger partial charge is 0.237 e. The first kappa shape index (κ1) is 15.9. The second kappa shape index (κ2) is 6.08. The number of fused-ring (bicyclic) bond motifs is 1. The van der Waals surface area contributed by atoms with Crippen LogP contribution in [-0.2, 0) is 11.3 Å². The van der Waals surface area contributed by atoms with Gasteiger partial charge in [0.25, 0.3) is 0 Å². The maximum atomic E-state index is 12.0. The summed E-state index contributed by atoms with van der Waals surface area (Å²) in [5, 5.41) is 7.47. The third-order valence-corrected chi connectivity index (χ3v) is 3.43. The first-order chi connectivity index (χ1) is 9.78. The van der Waals surface area contributed by atoms with Crippen LogP contribution in [0.25, 0.3) is 11.0 Å². The second-order valence-corrected chi connectivity index (χ2v) is 6.54. The molecule has 2 N–H and O–H groups in total. The van der Waals surface area contributed by atoms with Gasteiger partial charge in [0.15, 0.2) is 5.22 Å². The molecule has 0 aliphatic carbocycles. The van der Waals surface area contributed by atoms with Crippen molar-refractivity contribution in [2.45, 2.75) is 45.8 Å². The van der Waals surface area contributed by atoms with Gasteiger partial charge in [0.05, 0.1) is 6.04 Å². The number of benzene rings is 1. The minimum atomic E-state index is -0.311. The normalized spacial score (nSPS) is 13.4. The van der Waals surface area contributed by atoms with Gasteiger partial charge in [0.2, 0.25) is 5.91 Å². The minimum Gasteiger partial charge on any atom is -0.444 e. The highest BCUT2D eigenvalue weighted by Crippen LogP contribution is 2.29. The van der Waals surface area contributed by atoms with Gasteiger partial charge in [-0.1, -0.05) is 18.2 Å². The Balaban J connectivity index is 2.05. The molecule has 0 saturated heterocycles. The second-order valence-electron chi connectivity index (χ2n) is 6.19. The van der Waals surface area contributed by atoms with E-state index in [0.717, 1.165) is 16.5 Å². The van der Waals surface area contributed by atoms with Crippen LogP contribution in [-0.4, -0.2) is 17.5 Å². The Morgan fingerprint density at radius 1 is 1.33 bits per heavy atom. The topological polar surface area (TPSA) is 54.3 Å². The van der Waals surface area contributed by atoms with E-state index in [9.17, 15) is 4.79 Å². The molecule has 1 unspecified atom stereocenters. The average molecular weight is 309 g/mol. The Morgan fingerprint density at radius 2 is 2.00 bits per heavy atom. The third-order valence-electron chi connectivity index (χ3n) is 3.13. The maximum Gasteiger partial charge on any atom is 0.237 e. The Bertz CT molecular complexity index is 643. The molecular weight excluding hydrogens is 288 g/mol. The van der Waals surface area contributed by atoms with E-state index in [1.807, 2.05) is 52.0 Å². The summed E-state index contributed by atoms with van der Waals surface area (Å²) in [4.78, 5) is 12.0. The molecule has 2 aromatic rings. The highest BCUT2D eigenvalue weighted by molar-refractivity contribution is 6.30. The zero-order valence-electron chi connectivity index (χ0n) is 12.8. The number of nitrogens with one attached hydrogen (secondary N) is 2. The van der Waals surface area contributed by atoms with E-state index in [1.54, 1.807) is 0 Å². The number of para-hydroxylation sites is 1. The van der Waals surface area contributed by atoms with Gasteiger partial charge >= 0.3 is 0 Å². The average Bonchev–Trinajstić information content (AvgIpc) is 2.69. The third kappa shape index (κ3) is 3.99. The van der Waals surface area contributed by atoms with Gasteiger partial charge in [0, 0.05) is 23.0 Å². The predicted molar refractivity (Wildman–Crippen MR) is 85.4 cm³/mol. The number of hydrogen-bond donors (Lipinski definition) is 2. The molecule has 0 spiro atoms. The lowest BCUT2D eigenvalue weighted by Gasteiger charge is -2.23. The molecule has 0 aliphatic rings. The molecule has 2 rings (SSSR count). The lowest BCUT2D eigenvalue weighted by atomic mass is 10.1. The lowest BCUT2D eigenvalue weighted by molar-refractivity contribution is -0.124. The molecule has 0 fully saturated rings. The molecule has 0 aliphatic heterocycles. The molecular formula is C16H21ClN2O2. The molecule has 114 valence electrons. The first-order valence-electron chi connectivity index (χ1n) is 6.99. The van der Waals surface area contributed by atoms with E-state index in [4.69, 9.17) is 16.0 Å². The summed E-state index contributed by atoms with van der Waals surface area (Å²) >= 11 is 6.13. The quantitative estimate of drug-likeness (QED) is 0.909. The Hall–Kier alpha value is -1.52. The number of furan rings is 1. The number of halogens is 1. The molecule has 0 saturated carbocycles. The van der Waals surface area contributed by atoms with Crippen molar-refractivity contribution < 1.29 is 9.21 Å². The van der Waals surface area contributed by atoms with Crippen LogP contribution in [0.3, 0.4) is 0 Å². The van der Waals surface area contributed by atoms with E-state index in [1.165, 1.54) is 0 Å². The largest absolute Gasteiger partial charge is 0.444 e. The SMILES string of the molecule is CC(NCc1c(Cl)oc2ccccc12)C(=O)NC(C)(C)C. The van der Waals surface area contributed by atoms with Crippen LogP contribution in [0.2, 0.25) is 5.22 Å². The monoisotopic (exact) mass is 308 g/mol. The fourth-order valence-corrected chi connectivity index (χ4v) is 2.31. The standard InChI is InChI=1S/C16H21ClN2O2/c1-10(15(20)19-16(2,3)4)18-9-12-11-7-5-6-8-13(11)21-14(12)17/h5-8,10,18H,9H2,1-4H3,(H,19,20). The van der Waals surface area contributed by atoms with Crippen molar-refractivity contribution >= 4 is 28.5 Å². The van der Waals surface area contributed by atoms with Crippen LogP contribution in [0.5, 0.6) is 0 Å². The molecule has 0 bridgehead atoms. The van der Waals surface area contributed by atoms with Crippen molar-refractivity contribution in [3.63, 3.8) is 0 Å². The Morgan fingerprint density at radius 3 is 2.67 bits per heavy atom. The molecule has 1 aromatic heterocycles. The van der Waals surface area contributed by atoms with E-state index in [0.29, 0.717) is 11.8 Å². The molecule has 4 nitrogen and oxygen atoms in total. The van der Waals surface area contributed by atoms with Crippen molar-refractivity contribution in [1.29, 1.82) is 0 Å². The van der Waals surface area contributed by atoms with Crippen LogP contribution in [0.1, 0.15) is 33.3 Å². The molecule has 1 aromatic carbocycles. The van der Waals surface area contributed by atoms with Gasteiger partial charge in [0.1, 0.15) is 5.58 Å². The van der Waals surface area contributed by atoms with Crippen molar-refractivity contribution in [3.8, 4) is 0 Å². The zero-order valence-corrected chi connectivity index (χ0v) is 13.5. The van der Waals surface area contributed by atoms with E-state index >= 15 is 0 Å². The van der Waals surface area contributed by atoms with Gasteiger partial charge in [-0.05, 0) is 45.4 Å². The highest BCUT2D eigenvalue weighted by Gasteiger charge is 2.20. The summed E-state index contributed by atoms with van der Waals surface area (Å²) in [6.07, 6.45) is 0. The van der Waals surface area contributed by atoms with Crippen LogP contribution < -0.4 is 10.6 Å². The fraction of sp³-hybridized carbons (Fsp3) is 0.438. The number of rotatable bonds is 4. The van der Waals surface area contributed by atoms with E-state index < -0.39 is 0 Å². The molecule has 1 atom stereocenters. The van der Waals surface area contributed by atoms with Gasteiger partial charge < -0.3 is 15.1 Å². The molecule has 0 radical (unpaired) electrons. The minimum absolute atomic E-state index is 0.0357. The summed E-state index contributed by atoms with van der Waals surface area (Å²) in [5.41, 5.74) is 1.39. The number of carbonyl (C=O) groups is 1. The fourth-order valence-electron chi connectivity index (χ4n) is 2.06.